The maximum Gasteiger partial charge on any atom is 0.220 e. The third kappa shape index (κ3) is 6.33. The summed E-state index contributed by atoms with van der Waals surface area (Å²) in [6.07, 6.45) is 0. The Labute approximate surface area is 404 Å². The highest BCUT2D eigenvalue weighted by Gasteiger charge is 2.27. The lowest BCUT2D eigenvalue weighted by Gasteiger charge is -2.26. The van der Waals surface area contributed by atoms with Gasteiger partial charge in [-0.15, -0.1) is 0 Å². The molecule has 13 aromatic rings. The van der Waals surface area contributed by atoms with E-state index in [4.69, 9.17) is 13.1 Å². The molecule has 0 aliphatic heterocycles. The molecule has 2 aromatic heterocycles. The fourth-order valence-electron chi connectivity index (χ4n) is 10.7. The first kappa shape index (κ1) is 40.4. The molecule has 0 amide bonds. The predicted octanol–water partition coefficient (Wildman–Crippen LogP) is 18.2. The fourth-order valence-corrected chi connectivity index (χ4v) is 10.7. The number of para-hydroxylation sites is 4. The first-order valence-corrected chi connectivity index (χ1v) is 23.3. The minimum absolute atomic E-state index is 0.297. The first-order valence-electron chi connectivity index (χ1n) is 23.3. The first-order chi connectivity index (χ1) is 34.7. The Morgan fingerprint density at radius 3 is 1.16 bits per heavy atom. The molecular weight excluding hydrogens is 853 g/mol. The molecule has 0 unspecified atom stereocenters. The Hall–Kier alpha value is -9.88. The molecule has 0 aliphatic carbocycles. The minimum atomic E-state index is 0.297. The van der Waals surface area contributed by atoms with Gasteiger partial charge >= 0.3 is 0 Å². The smallest absolute Gasteiger partial charge is 0.220 e. The topological polar surface area (TPSA) is 25.1 Å². The number of fused-ring (bicyclic) bond motifs is 10. The van der Waals surface area contributed by atoms with Gasteiger partial charge in [0.25, 0.3) is 0 Å². The van der Waals surface area contributed by atoms with E-state index in [1.807, 2.05) is 36.4 Å². The van der Waals surface area contributed by atoms with E-state index in [-0.39, 0.29) is 0 Å². The molecule has 326 valence electrons. The average molecular weight is 893 g/mol. The third-order valence-electron chi connectivity index (χ3n) is 13.7. The van der Waals surface area contributed by atoms with Crippen molar-refractivity contribution < 1.29 is 0 Å². The lowest BCUT2D eigenvalue weighted by Crippen LogP contribution is -2.09. The van der Waals surface area contributed by atoms with Crippen molar-refractivity contribution in [3.05, 3.63) is 265 Å². The second-order valence-electron chi connectivity index (χ2n) is 17.5. The summed E-state index contributed by atoms with van der Waals surface area (Å²) in [5, 5.41) is 8.80. The van der Waals surface area contributed by atoms with Gasteiger partial charge in [-0.05, 0) is 125 Å². The van der Waals surface area contributed by atoms with E-state index >= 15 is 0 Å². The number of hydrogen-bond acceptors (Lipinski definition) is 2. The van der Waals surface area contributed by atoms with Gasteiger partial charge in [0, 0.05) is 55.7 Å². The quantitative estimate of drug-likeness (QED) is 0.142. The molecule has 6 heteroatoms. The molecule has 0 spiro atoms. The van der Waals surface area contributed by atoms with Crippen LogP contribution in [0.25, 0.3) is 86.2 Å². The maximum atomic E-state index is 8.90. The molecule has 11 aromatic carbocycles. The molecule has 2 heterocycles. The van der Waals surface area contributed by atoms with Gasteiger partial charge < -0.3 is 18.9 Å². The van der Waals surface area contributed by atoms with Gasteiger partial charge in [0.05, 0.1) is 46.6 Å². The number of anilines is 6. The Morgan fingerprint density at radius 2 is 0.714 bits per heavy atom. The van der Waals surface area contributed by atoms with Crippen molar-refractivity contribution >= 4 is 111 Å². The van der Waals surface area contributed by atoms with Crippen LogP contribution in [0, 0.1) is 13.1 Å². The molecule has 0 atom stereocenters. The zero-order valence-corrected chi connectivity index (χ0v) is 37.8. The lowest BCUT2D eigenvalue weighted by atomic mass is 10.0. The van der Waals surface area contributed by atoms with Crippen LogP contribution in [0.1, 0.15) is 0 Å². The summed E-state index contributed by atoms with van der Waals surface area (Å²) in [5.74, 6) is 0. The Bertz CT molecular complexity index is 4180. The molecule has 70 heavy (non-hydrogen) atoms. The van der Waals surface area contributed by atoms with E-state index < -0.39 is 0 Å². The highest BCUT2D eigenvalue weighted by molar-refractivity contribution is 6.24. The molecule has 0 radical (unpaired) electrons. The highest BCUT2D eigenvalue weighted by atomic mass is 15.2. The largest absolute Gasteiger partial charge is 0.318 e. The van der Waals surface area contributed by atoms with Crippen LogP contribution in [-0.2, 0) is 0 Å². The van der Waals surface area contributed by atoms with Gasteiger partial charge in [0.2, 0.25) is 5.69 Å². The van der Waals surface area contributed by atoms with E-state index in [1.165, 1.54) is 0 Å². The molecule has 0 saturated heterocycles. The SMILES string of the molecule is [C-]#[N+]c1ccc(-n2c3ccc(N(c4ccccc4)c4ccccc4)cc3c3c4ccccc4ccc32)c(-n2c3ccc(N(c4ccccc4)c4ccccc4)cc3c3c4ccccc4ccc32)c1[N+]#[C-]. The van der Waals surface area contributed by atoms with E-state index in [2.05, 4.69) is 235 Å². The van der Waals surface area contributed by atoms with Gasteiger partial charge in [0.15, 0.2) is 5.69 Å². The summed E-state index contributed by atoms with van der Waals surface area (Å²) >= 11 is 0. The monoisotopic (exact) mass is 892 g/mol. The molecule has 13 rings (SSSR count). The molecule has 0 bridgehead atoms. The Kier molecular flexibility index (Phi) is 9.50. The van der Waals surface area contributed by atoms with Crippen molar-refractivity contribution in [1.29, 1.82) is 0 Å². The fraction of sp³-hybridized carbons (Fsp3) is 0. The minimum Gasteiger partial charge on any atom is -0.318 e. The summed E-state index contributed by atoms with van der Waals surface area (Å²) in [6.45, 7) is 17.3. The Morgan fingerprint density at radius 1 is 0.314 bits per heavy atom. The second-order valence-corrected chi connectivity index (χ2v) is 17.5. The third-order valence-corrected chi connectivity index (χ3v) is 13.7. The normalized spacial score (nSPS) is 11.4. The summed E-state index contributed by atoms with van der Waals surface area (Å²) in [7, 11) is 0. The van der Waals surface area contributed by atoms with Crippen LogP contribution in [0.4, 0.5) is 45.5 Å². The second kappa shape index (κ2) is 16.5. The number of rotatable bonds is 8. The zero-order valence-electron chi connectivity index (χ0n) is 37.8. The van der Waals surface area contributed by atoms with Gasteiger partial charge in [-0.3, -0.25) is 4.85 Å². The van der Waals surface area contributed by atoms with Crippen molar-refractivity contribution in [2.75, 3.05) is 9.80 Å². The van der Waals surface area contributed by atoms with Crippen LogP contribution >= 0.6 is 0 Å². The number of aromatic nitrogens is 2. The van der Waals surface area contributed by atoms with E-state index in [9.17, 15) is 0 Å². The number of hydrogen-bond donors (Lipinski definition) is 0. The molecule has 0 saturated carbocycles. The molecule has 0 fully saturated rings. The van der Waals surface area contributed by atoms with Crippen molar-refractivity contribution in [3.63, 3.8) is 0 Å². The highest BCUT2D eigenvalue weighted by Crippen LogP contribution is 2.49. The summed E-state index contributed by atoms with van der Waals surface area (Å²) in [4.78, 5) is 12.9. The number of nitrogens with zero attached hydrogens (tertiary/aromatic N) is 6. The van der Waals surface area contributed by atoms with E-state index in [0.717, 1.165) is 105 Å². The van der Waals surface area contributed by atoms with E-state index in [1.54, 1.807) is 0 Å². The van der Waals surface area contributed by atoms with Crippen molar-refractivity contribution in [2.45, 2.75) is 0 Å². The Balaban J connectivity index is 1.14. The lowest BCUT2D eigenvalue weighted by molar-refractivity contribution is 1.10. The standard InChI is InChI=1S/C64H40N6/c1-65-55-35-40-60(69-56-38-33-49(67(45-21-7-3-8-22-45)46-23-9-4-10-24-46)41-53(56)61-51-29-17-15-19-43(51)31-36-58(61)69)64(63(55)66-2)70-57-39-34-50(68(47-25-11-5-12-26-47)48-27-13-6-14-28-48)42-54(57)62-52-30-18-16-20-44(52)32-37-59(62)70/h3-42H. The predicted molar refractivity (Wildman–Crippen MR) is 292 cm³/mol. The van der Waals surface area contributed by atoms with Crippen LogP contribution < -0.4 is 9.80 Å². The van der Waals surface area contributed by atoms with Crippen LogP contribution in [0.3, 0.4) is 0 Å². The summed E-state index contributed by atoms with van der Waals surface area (Å²) < 4.78 is 4.56. The van der Waals surface area contributed by atoms with Crippen molar-refractivity contribution in [2.24, 2.45) is 0 Å². The maximum absolute atomic E-state index is 8.90. The summed E-state index contributed by atoms with van der Waals surface area (Å²) in [6, 6.07) is 85.0. The number of benzene rings is 11. The summed E-state index contributed by atoms with van der Waals surface area (Å²) in [5.41, 5.74) is 12.1. The average Bonchev–Trinajstić information content (AvgIpc) is 3.94. The zero-order chi connectivity index (χ0) is 46.7. The molecule has 0 N–H and O–H groups in total. The van der Waals surface area contributed by atoms with Gasteiger partial charge in [-0.25, -0.2) is 4.85 Å². The van der Waals surface area contributed by atoms with Crippen molar-refractivity contribution in [1.82, 2.24) is 9.13 Å². The van der Waals surface area contributed by atoms with Gasteiger partial charge in [-0.2, -0.15) is 0 Å². The molecule has 0 aliphatic rings. The molecular formula is C64H40N6. The molecule has 6 nitrogen and oxygen atoms in total. The van der Waals surface area contributed by atoms with Gasteiger partial charge in [0.1, 0.15) is 0 Å². The van der Waals surface area contributed by atoms with Crippen LogP contribution in [0.5, 0.6) is 0 Å². The van der Waals surface area contributed by atoms with Crippen LogP contribution in [0.15, 0.2) is 243 Å². The van der Waals surface area contributed by atoms with E-state index in [0.29, 0.717) is 17.1 Å². The van der Waals surface area contributed by atoms with Crippen LogP contribution in [-0.4, -0.2) is 9.13 Å². The van der Waals surface area contributed by atoms with Gasteiger partial charge in [-0.1, -0.05) is 140 Å². The van der Waals surface area contributed by atoms with Crippen LogP contribution in [0.2, 0.25) is 0 Å². The van der Waals surface area contributed by atoms with Crippen molar-refractivity contribution in [3.8, 4) is 11.4 Å².